The van der Waals surface area contributed by atoms with Gasteiger partial charge in [-0.15, -0.1) is 11.3 Å². The summed E-state index contributed by atoms with van der Waals surface area (Å²) in [5, 5.41) is 10.8. The van der Waals surface area contributed by atoms with Crippen molar-refractivity contribution in [2.45, 2.75) is 32.7 Å². The third-order valence-electron chi connectivity index (χ3n) is 2.88. The molecule has 7 heteroatoms. The van der Waals surface area contributed by atoms with E-state index in [1.165, 1.54) is 16.2 Å². The first-order chi connectivity index (χ1) is 9.27. The van der Waals surface area contributed by atoms with E-state index < -0.39 is 11.5 Å². The predicted molar refractivity (Wildman–Crippen MR) is 75.9 cm³/mol. The highest BCUT2D eigenvalue weighted by Crippen LogP contribution is 2.16. The average Bonchev–Trinajstić information content (AvgIpc) is 2.84. The maximum Gasteiger partial charge on any atom is 0.323 e. The molecule has 0 atom stereocenters. The van der Waals surface area contributed by atoms with Crippen LogP contribution in [0.1, 0.15) is 26.5 Å². The summed E-state index contributed by atoms with van der Waals surface area (Å²) in [6.07, 6.45) is 3.78. The van der Waals surface area contributed by atoms with E-state index in [4.69, 9.17) is 5.11 Å². The SMILES string of the molecule is CC(C)(C)N(CC(=O)O)C(=O)Cc1cn2ccsc2n1. The van der Waals surface area contributed by atoms with E-state index in [0.717, 1.165) is 4.96 Å². The molecule has 20 heavy (non-hydrogen) atoms. The zero-order valence-corrected chi connectivity index (χ0v) is 12.5. The molecule has 0 bridgehead atoms. The van der Waals surface area contributed by atoms with Crippen LogP contribution in [0.4, 0.5) is 0 Å². The Kier molecular flexibility index (Phi) is 3.80. The fourth-order valence-electron chi connectivity index (χ4n) is 1.95. The molecule has 0 saturated heterocycles. The van der Waals surface area contributed by atoms with E-state index in [9.17, 15) is 9.59 Å². The number of hydrogen-bond acceptors (Lipinski definition) is 4. The van der Waals surface area contributed by atoms with Gasteiger partial charge in [-0.1, -0.05) is 0 Å². The number of amides is 1. The van der Waals surface area contributed by atoms with Crippen LogP contribution in [0.25, 0.3) is 4.96 Å². The van der Waals surface area contributed by atoms with Crippen molar-refractivity contribution in [3.8, 4) is 0 Å². The molecule has 0 fully saturated rings. The lowest BCUT2D eigenvalue weighted by Gasteiger charge is -2.34. The monoisotopic (exact) mass is 295 g/mol. The van der Waals surface area contributed by atoms with Crippen LogP contribution in [0.15, 0.2) is 17.8 Å². The molecule has 2 aromatic rings. The third kappa shape index (κ3) is 3.16. The molecule has 0 spiro atoms. The maximum atomic E-state index is 12.3. The number of hydrogen-bond donors (Lipinski definition) is 1. The van der Waals surface area contributed by atoms with E-state index in [1.807, 2.05) is 36.7 Å². The Labute approximate surface area is 120 Å². The van der Waals surface area contributed by atoms with E-state index >= 15 is 0 Å². The van der Waals surface area contributed by atoms with Gasteiger partial charge in [0.25, 0.3) is 0 Å². The summed E-state index contributed by atoms with van der Waals surface area (Å²) in [4.78, 5) is 29.7. The minimum absolute atomic E-state index is 0.110. The van der Waals surface area contributed by atoms with Gasteiger partial charge < -0.3 is 10.0 Å². The number of rotatable bonds is 4. The standard InChI is InChI=1S/C13H17N3O3S/c1-13(2,3)16(8-11(18)19)10(17)6-9-7-15-4-5-20-12(15)14-9/h4-5,7H,6,8H2,1-3H3,(H,18,19). The van der Waals surface area contributed by atoms with Crippen molar-refractivity contribution in [2.75, 3.05) is 6.54 Å². The first kappa shape index (κ1) is 14.5. The molecule has 0 aliphatic heterocycles. The summed E-state index contributed by atoms with van der Waals surface area (Å²) < 4.78 is 1.85. The van der Waals surface area contributed by atoms with Crippen molar-refractivity contribution >= 4 is 28.2 Å². The quantitative estimate of drug-likeness (QED) is 0.930. The first-order valence-electron chi connectivity index (χ1n) is 6.21. The smallest absolute Gasteiger partial charge is 0.323 e. The van der Waals surface area contributed by atoms with E-state index in [0.29, 0.717) is 5.69 Å². The number of carboxylic acids is 1. The number of imidazole rings is 1. The zero-order valence-electron chi connectivity index (χ0n) is 11.7. The van der Waals surface area contributed by atoms with E-state index in [-0.39, 0.29) is 18.9 Å². The van der Waals surface area contributed by atoms with Gasteiger partial charge in [-0.05, 0) is 20.8 Å². The Morgan fingerprint density at radius 1 is 1.45 bits per heavy atom. The molecule has 6 nitrogen and oxygen atoms in total. The minimum atomic E-state index is -1.01. The molecule has 0 aromatic carbocycles. The van der Waals surface area contributed by atoms with Gasteiger partial charge in [0.1, 0.15) is 6.54 Å². The van der Waals surface area contributed by atoms with Crippen molar-refractivity contribution in [1.82, 2.24) is 14.3 Å². The summed E-state index contributed by atoms with van der Waals surface area (Å²) in [6, 6.07) is 0. The predicted octanol–water partition coefficient (Wildman–Crippen LogP) is 1.65. The summed E-state index contributed by atoms with van der Waals surface area (Å²) in [6.45, 7) is 5.16. The Bertz CT molecular complexity index is 610. The highest BCUT2D eigenvalue weighted by molar-refractivity contribution is 7.15. The number of carbonyl (C=O) groups excluding carboxylic acids is 1. The number of nitrogens with zero attached hydrogens (tertiary/aromatic N) is 3. The van der Waals surface area contributed by atoms with Gasteiger partial charge in [0.05, 0.1) is 12.1 Å². The fraction of sp³-hybridized carbons (Fsp3) is 0.462. The van der Waals surface area contributed by atoms with Gasteiger partial charge in [-0.25, -0.2) is 4.98 Å². The second-order valence-corrected chi connectivity index (χ2v) is 6.42. The lowest BCUT2D eigenvalue weighted by molar-refractivity contribution is -0.147. The molecule has 2 rings (SSSR count). The molecule has 1 N–H and O–H groups in total. The molecule has 2 heterocycles. The second kappa shape index (κ2) is 5.24. The summed E-state index contributed by atoms with van der Waals surface area (Å²) in [5.41, 5.74) is 0.119. The van der Waals surface area contributed by atoms with Crippen LogP contribution >= 0.6 is 11.3 Å². The molecule has 0 radical (unpaired) electrons. The van der Waals surface area contributed by atoms with Crippen molar-refractivity contribution < 1.29 is 14.7 Å². The molecular formula is C13H17N3O3S. The Hall–Kier alpha value is -1.89. The van der Waals surface area contributed by atoms with Gasteiger partial charge in [0.2, 0.25) is 5.91 Å². The lowest BCUT2D eigenvalue weighted by Crippen LogP contribution is -2.48. The number of aliphatic carboxylic acids is 1. The van der Waals surface area contributed by atoms with Gasteiger partial charge in [-0.3, -0.25) is 14.0 Å². The van der Waals surface area contributed by atoms with Crippen LogP contribution in [0.3, 0.4) is 0 Å². The maximum absolute atomic E-state index is 12.3. The molecular weight excluding hydrogens is 278 g/mol. The van der Waals surface area contributed by atoms with Crippen molar-refractivity contribution in [2.24, 2.45) is 0 Å². The number of aromatic nitrogens is 2. The van der Waals surface area contributed by atoms with Gasteiger partial charge in [0.15, 0.2) is 4.96 Å². The van der Waals surface area contributed by atoms with Crippen LogP contribution in [-0.4, -0.2) is 43.4 Å². The zero-order chi connectivity index (χ0) is 14.9. The highest BCUT2D eigenvalue weighted by Gasteiger charge is 2.28. The molecule has 2 aromatic heterocycles. The van der Waals surface area contributed by atoms with Crippen LogP contribution < -0.4 is 0 Å². The van der Waals surface area contributed by atoms with Gasteiger partial charge in [0, 0.05) is 23.3 Å². The molecule has 108 valence electrons. The molecule has 0 aliphatic carbocycles. The Morgan fingerprint density at radius 2 is 2.15 bits per heavy atom. The normalized spacial score (nSPS) is 11.8. The Morgan fingerprint density at radius 3 is 2.70 bits per heavy atom. The number of carboxylic acid groups (broad SMARTS) is 1. The van der Waals surface area contributed by atoms with Crippen LogP contribution in [-0.2, 0) is 16.0 Å². The van der Waals surface area contributed by atoms with Crippen molar-refractivity contribution in [3.05, 3.63) is 23.5 Å². The molecule has 0 saturated carbocycles. The number of thiazole rings is 1. The van der Waals surface area contributed by atoms with E-state index in [1.54, 1.807) is 6.20 Å². The van der Waals surface area contributed by atoms with Crippen LogP contribution in [0, 0.1) is 0 Å². The largest absolute Gasteiger partial charge is 0.480 e. The highest BCUT2D eigenvalue weighted by atomic mass is 32.1. The summed E-state index contributed by atoms with van der Waals surface area (Å²) >= 11 is 1.49. The van der Waals surface area contributed by atoms with Gasteiger partial charge >= 0.3 is 5.97 Å². The number of fused-ring (bicyclic) bond motifs is 1. The van der Waals surface area contributed by atoms with Gasteiger partial charge in [-0.2, -0.15) is 0 Å². The van der Waals surface area contributed by atoms with Crippen molar-refractivity contribution in [1.29, 1.82) is 0 Å². The van der Waals surface area contributed by atoms with Crippen molar-refractivity contribution in [3.63, 3.8) is 0 Å². The molecule has 0 unspecified atom stereocenters. The fourth-order valence-corrected chi connectivity index (χ4v) is 2.67. The number of carbonyl (C=O) groups is 2. The Balaban J connectivity index is 2.15. The second-order valence-electron chi connectivity index (χ2n) is 5.55. The van der Waals surface area contributed by atoms with E-state index in [2.05, 4.69) is 4.98 Å². The van der Waals surface area contributed by atoms with Crippen LogP contribution in [0.5, 0.6) is 0 Å². The third-order valence-corrected chi connectivity index (χ3v) is 3.65. The summed E-state index contributed by atoms with van der Waals surface area (Å²) in [5.74, 6) is -1.25. The topological polar surface area (TPSA) is 74.9 Å². The minimum Gasteiger partial charge on any atom is -0.480 e. The average molecular weight is 295 g/mol. The lowest BCUT2D eigenvalue weighted by atomic mass is 10.1. The first-order valence-corrected chi connectivity index (χ1v) is 7.08. The summed E-state index contributed by atoms with van der Waals surface area (Å²) in [7, 11) is 0. The molecule has 1 amide bonds. The molecule has 0 aliphatic rings. The van der Waals surface area contributed by atoms with Crippen LogP contribution in [0.2, 0.25) is 0 Å².